The van der Waals surface area contributed by atoms with Crippen LogP contribution in [0.2, 0.25) is 0 Å². The highest BCUT2D eigenvalue weighted by Crippen LogP contribution is 2.26. The van der Waals surface area contributed by atoms with E-state index in [0.717, 1.165) is 13.1 Å². The third-order valence-electron chi connectivity index (χ3n) is 3.37. The molecule has 0 aromatic heterocycles. The van der Waals surface area contributed by atoms with Gasteiger partial charge in [-0.2, -0.15) is 0 Å². The summed E-state index contributed by atoms with van der Waals surface area (Å²) in [7, 11) is 0. The van der Waals surface area contributed by atoms with Crippen molar-refractivity contribution >= 4 is 5.69 Å². The zero-order chi connectivity index (χ0) is 13.7. The van der Waals surface area contributed by atoms with E-state index in [9.17, 15) is 0 Å². The Morgan fingerprint density at radius 3 is 2.26 bits per heavy atom. The van der Waals surface area contributed by atoms with Crippen LogP contribution in [0.25, 0.3) is 0 Å². The maximum Gasteiger partial charge on any atom is 0.0429 e. The molecule has 100 valence electrons. The van der Waals surface area contributed by atoms with Gasteiger partial charge in [-0.05, 0) is 31.0 Å². The van der Waals surface area contributed by atoms with Crippen molar-refractivity contribution in [1.82, 2.24) is 0 Å². The zero-order valence-electron chi connectivity index (χ0n) is 11.7. The number of nitrogens with zero attached hydrogens (tertiary/aromatic N) is 1. The molecule has 2 nitrogen and oxygen atoms in total. The Bertz CT molecular complexity index is 506. The van der Waals surface area contributed by atoms with Gasteiger partial charge in [0.1, 0.15) is 0 Å². The van der Waals surface area contributed by atoms with Gasteiger partial charge in [0.15, 0.2) is 0 Å². The summed E-state index contributed by atoms with van der Waals surface area (Å²) in [5, 5.41) is 0. The SMILES string of the molecule is CCN(Cc1ccccc1)c1ccccc1C(C)N. The molecule has 0 aliphatic heterocycles. The van der Waals surface area contributed by atoms with Crippen LogP contribution in [0, 0.1) is 0 Å². The molecule has 1 atom stereocenters. The lowest BCUT2D eigenvalue weighted by Gasteiger charge is -2.27. The highest BCUT2D eigenvalue weighted by Gasteiger charge is 2.12. The van der Waals surface area contributed by atoms with Gasteiger partial charge in [0, 0.05) is 24.8 Å². The fourth-order valence-corrected chi connectivity index (χ4v) is 2.33. The van der Waals surface area contributed by atoms with Crippen LogP contribution < -0.4 is 10.6 Å². The summed E-state index contributed by atoms with van der Waals surface area (Å²) in [4.78, 5) is 2.37. The molecule has 2 N–H and O–H groups in total. The Hall–Kier alpha value is -1.80. The van der Waals surface area contributed by atoms with Crippen LogP contribution >= 0.6 is 0 Å². The first-order chi connectivity index (χ1) is 9.22. The molecule has 2 aromatic rings. The van der Waals surface area contributed by atoms with Crippen LogP contribution in [0.4, 0.5) is 5.69 Å². The Labute approximate surface area is 115 Å². The second kappa shape index (κ2) is 6.39. The van der Waals surface area contributed by atoms with Crippen molar-refractivity contribution in [2.45, 2.75) is 26.4 Å². The molecule has 0 bridgehead atoms. The van der Waals surface area contributed by atoms with Crippen molar-refractivity contribution in [2.75, 3.05) is 11.4 Å². The molecule has 0 radical (unpaired) electrons. The second-order valence-corrected chi connectivity index (χ2v) is 4.85. The van der Waals surface area contributed by atoms with Crippen molar-refractivity contribution in [3.8, 4) is 0 Å². The quantitative estimate of drug-likeness (QED) is 0.881. The smallest absolute Gasteiger partial charge is 0.0429 e. The molecule has 0 saturated carbocycles. The van der Waals surface area contributed by atoms with E-state index in [1.807, 2.05) is 6.92 Å². The van der Waals surface area contributed by atoms with Crippen LogP contribution in [0.3, 0.4) is 0 Å². The fraction of sp³-hybridized carbons (Fsp3) is 0.294. The molecule has 1 unspecified atom stereocenters. The molecule has 0 saturated heterocycles. The van der Waals surface area contributed by atoms with Gasteiger partial charge in [-0.15, -0.1) is 0 Å². The standard InChI is InChI=1S/C17H22N2/c1-3-19(13-15-9-5-4-6-10-15)17-12-8-7-11-16(17)14(2)18/h4-12,14H,3,13,18H2,1-2H3. The van der Waals surface area contributed by atoms with Crippen molar-refractivity contribution in [2.24, 2.45) is 5.73 Å². The number of benzene rings is 2. The Morgan fingerprint density at radius 2 is 1.63 bits per heavy atom. The van der Waals surface area contributed by atoms with E-state index >= 15 is 0 Å². The van der Waals surface area contributed by atoms with Gasteiger partial charge in [-0.25, -0.2) is 0 Å². The van der Waals surface area contributed by atoms with E-state index in [-0.39, 0.29) is 6.04 Å². The predicted molar refractivity (Wildman–Crippen MR) is 82.2 cm³/mol. The molecule has 2 rings (SSSR count). The van der Waals surface area contributed by atoms with Gasteiger partial charge in [0.2, 0.25) is 0 Å². The monoisotopic (exact) mass is 254 g/mol. The number of anilines is 1. The predicted octanol–water partition coefficient (Wildman–Crippen LogP) is 3.73. The summed E-state index contributed by atoms with van der Waals surface area (Å²) < 4.78 is 0. The van der Waals surface area contributed by atoms with E-state index in [1.165, 1.54) is 16.8 Å². The minimum absolute atomic E-state index is 0.0565. The number of nitrogens with two attached hydrogens (primary N) is 1. The molecule has 0 fully saturated rings. The van der Waals surface area contributed by atoms with Crippen LogP contribution in [0.15, 0.2) is 54.6 Å². The average molecular weight is 254 g/mol. The summed E-state index contributed by atoms with van der Waals surface area (Å²) in [5.41, 5.74) is 9.85. The average Bonchev–Trinajstić information content (AvgIpc) is 2.46. The van der Waals surface area contributed by atoms with E-state index in [0.29, 0.717) is 0 Å². The lowest BCUT2D eigenvalue weighted by Crippen LogP contribution is -2.24. The number of para-hydroxylation sites is 1. The lowest BCUT2D eigenvalue weighted by molar-refractivity contribution is 0.778. The lowest BCUT2D eigenvalue weighted by atomic mass is 10.1. The van der Waals surface area contributed by atoms with Crippen molar-refractivity contribution in [1.29, 1.82) is 0 Å². The summed E-state index contributed by atoms with van der Waals surface area (Å²) in [6.07, 6.45) is 0. The normalized spacial score (nSPS) is 12.2. The minimum Gasteiger partial charge on any atom is -0.367 e. The van der Waals surface area contributed by atoms with Crippen LogP contribution in [0.5, 0.6) is 0 Å². The van der Waals surface area contributed by atoms with Gasteiger partial charge >= 0.3 is 0 Å². The summed E-state index contributed by atoms with van der Waals surface area (Å²) >= 11 is 0. The van der Waals surface area contributed by atoms with E-state index in [1.54, 1.807) is 0 Å². The van der Waals surface area contributed by atoms with E-state index in [2.05, 4.69) is 66.4 Å². The maximum atomic E-state index is 6.07. The first kappa shape index (κ1) is 13.6. The highest BCUT2D eigenvalue weighted by atomic mass is 15.1. The van der Waals surface area contributed by atoms with Gasteiger partial charge in [-0.3, -0.25) is 0 Å². The third-order valence-corrected chi connectivity index (χ3v) is 3.37. The first-order valence-corrected chi connectivity index (χ1v) is 6.85. The second-order valence-electron chi connectivity index (χ2n) is 4.85. The van der Waals surface area contributed by atoms with Gasteiger partial charge in [-0.1, -0.05) is 48.5 Å². The number of hydrogen-bond donors (Lipinski definition) is 1. The Morgan fingerprint density at radius 1 is 1.00 bits per heavy atom. The number of rotatable bonds is 5. The number of hydrogen-bond acceptors (Lipinski definition) is 2. The molecule has 0 heterocycles. The molecule has 0 amide bonds. The topological polar surface area (TPSA) is 29.3 Å². The van der Waals surface area contributed by atoms with Crippen LogP contribution in [0.1, 0.15) is 31.0 Å². The van der Waals surface area contributed by atoms with E-state index in [4.69, 9.17) is 5.73 Å². The van der Waals surface area contributed by atoms with Crippen molar-refractivity contribution in [3.05, 3.63) is 65.7 Å². The molecule has 19 heavy (non-hydrogen) atoms. The summed E-state index contributed by atoms with van der Waals surface area (Å²) in [5.74, 6) is 0. The van der Waals surface area contributed by atoms with Crippen molar-refractivity contribution < 1.29 is 0 Å². The maximum absolute atomic E-state index is 6.07. The van der Waals surface area contributed by atoms with E-state index < -0.39 is 0 Å². The third kappa shape index (κ3) is 3.36. The fourth-order valence-electron chi connectivity index (χ4n) is 2.33. The van der Waals surface area contributed by atoms with Crippen LogP contribution in [-0.4, -0.2) is 6.54 Å². The summed E-state index contributed by atoms with van der Waals surface area (Å²) in [6.45, 7) is 6.11. The zero-order valence-corrected chi connectivity index (χ0v) is 11.7. The molecular weight excluding hydrogens is 232 g/mol. The Kier molecular flexibility index (Phi) is 4.58. The Balaban J connectivity index is 2.27. The molecule has 2 aromatic carbocycles. The molecule has 0 spiro atoms. The molecular formula is C17H22N2. The molecule has 2 heteroatoms. The first-order valence-electron chi connectivity index (χ1n) is 6.85. The molecule has 0 aliphatic carbocycles. The van der Waals surface area contributed by atoms with Gasteiger partial charge < -0.3 is 10.6 Å². The molecule has 0 aliphatic rings. The van der Waals surface area contributed by atoms with Gasteiger partial charge in [0.05, 0.1) is 0 Å². The van der Waals surface area contributed by atoms with Gasteiger partial charge in [0.25, 0.3) is 0 Å². The largest absolute Gasteiger partial charge is 0.367 e. The summed E-state index contributed by atoms with van der Waals surface area (Å²) in [6, 6.07) is 19.0. The van der Waals surface area contributed by atoms with Crippen LogP contribution in [-0.2, 0) is 6.54 Å². The van der Waals surface area contributed by atoms with Crippen molar-refractivity contribution in [3.63, 3.8) is 0 Å². The highest BCUT2D eigenvalue weighted by molar-refractivity contribution is 5.55. The minimum atomic E-state index is 0.0565.